The summed E-state index contributed by atoms with van der Waals surface area (Å²) in [5.41, 5.74) is 6.34. The van der Waals surface area contributed by atoms with E-state index in [9.17, 15) is 0 Å². The third-order valence-corrected chi connectivity index (χ3v) is 4.96. The van der Waals surface area contributed by atoms with Gasteiger partial charge < -0.3 is 0 Å². The molecule has 0 fully saturated rings. The van der Waals surface area contributed by atoms with Crippen LogP contribution in [0.5, 0.6) is 0 Å². The van der Waals surface area contributed by atoms with Crippen molar-refractivity contribution in [3.63, 3.8) is 0 Å². The van der Waals surface area contributed by atoms with Crippen molar-refractivity contribution in [2.75, 3.05) is 0 Å². The summed E-state index contributed by atoms with van der Waals surface area (Å²) >= 11 is 6.54. The quantitative estimate of drug-likeness (QED) is 0.424. The number of nitrogens with zero attached hydrogens (tertiary/aromatic N) is 1. The van der Waals surface area contributed by atoms with Gasteiger partial charge in [-0.15, -0.1) is 0 Å². The Labute approximate surface area is 160 Å². The normalized spacial score (nSPS) is 10.5. The summed E-state index contributed by atoms with van der Waals surface area (Å²) < 4.78 is 0. The molecule has 0 aliphatic heterocycles. The first-order valence-corrected chi connectivity index (χ1v) is 9.48. The highest BCUT2D eigenvalue weighted by molar-refractivity contribution is 6.33. The maximum atomic E-state index is 8.92. The zero-order chi connectivity index (χ0) is 18.4. The molecule has 0 radical (unpaired) electrons. The van der Waals surface area contributed by atoms with Gasteiger partial charge in [-0.3, -0.25) is 0 Å². The van der Waals surface area contributed by atoms with Gasteiger partial charge in [-0.25, -0.2) is 0 Å². The summed E-state index contributed by atoms with van der Waals surface area (Å²) in [6.45, 7) is 2.23. The molecular weight excluding hydrogens is 338 g/mol. The van der Waals surface area contributed by atoms with Crippen LogP contribution in [0.25, 0.3) is 22.3 Å². The largest absolute Gasteiger partial charge is 0.192 e. The molecule has 1 nitrogen and oxygen atoms in total. The monoisotopic (exact) mass is 359 g/mol. The topological polar surface area (TPSA) is 23.8 Å². The van der Waals surface area contributed by atoms with E-state index in [0.717, 1.165) is 28.1 Å². The minimum absolute atomic E-state index is 0.653. The third kappa shape index (κ3) is 4.34. The van der Waals surface area contributed by atoms with E-state index in [-0.39, 0.29) is 0 Å². The molecule has 0 aliphatic rings. The number of nitriles is 1. The molecule has 3 rings (SSSR count). The second-order valence-electron chi connectivity index (χ2n) is 6.54. The van der Waals surface area contributed by atoms with Crippen molar-refractivity contribution >= 4 is 11.6 Å². The highest BCUT2D eigenvalue weighted by atomic mass is 35.5. The van der Waals surface area contributed by atoms with Crippen molar-refractivity contribution in [1.82, 2.24) is 0 Å². The van der Waals surface area contributed by atoms with Crippen LogP contribution in [0.4, 0.5) is 0 Å². The Hall–Kier alpha value is -2.56. The molecule has 26 heavy (non-hydrogen) atoms. The van der Waals surface area contributed by atoms with Crippen LogP contribution in [-0.2, 0) is 6.42 Å². The molecule has 0 saturated carbocycles. The fraction of sp³-hybridized carbons (Fsp3) is 0.208. The van der Waals surface area contributed by atoms with Gasteiger partial charge in [0.05, 0.1) is 11.6 Å². The molecule has 0 amide bonds. The summed E-state index contributed by atoms with van der Waals surface area (Å²) in [6.07, 6.45) is 4.93. The third-order valence-electron chi connectivity index (χ3n) is 4.65. The lowest BCUT2D eigenvalue weighted by atomic mass is 9.98. The van der Waals surface area contributed by atoms with Gasteiger partial charge in [-0.2, -0.15) is 5.26 Å². The number of rotatable bonds is 6. The fourth-order valence-corrected chi connectivity index (χ4v) is 3.39. The van der Waals surface area contributed by atoms with E-state index in [4.69, 9.17) is 16.9 Å². The summed E-state index contributed by atoms with van der Waals surface area (Å²) in [7, 11) is 0. The second-order valence-corrected chi connectivity index (χ2v) is 6.95. The van der Waals surface area contributed by atoms with Gasteiger partial charge in [-0.05, 0) is 53.3 Å². The second kappa shape index (κ2) is 8.70. The SMILES string of the molecule is CCCCCc1ccc(-c2ccc(-c3ccc(C#N)cc3)c(Cl)c2)cc1. The minimum Gasteiger partial charge on any atom is -0.192 e. The highest BCUT2D eigenvalue weighted by Crippen LogP contribution is 2.32. The Morgan fingerprint density at radius 1 is 0.808 bits per heavy atom. The molecule has 2 heteroatoms. The molecule has 3 aromatic carbocycles. The number of benzene rings is 3. The molecule has 0 bridgehead atoms. The van der Waals surface area contributed by atoms with Crippen molar-refractivity contribution < 1.29 is 0 Å². The smallest absolute Gasteiger partial charge is 0.0991 e. The van der Waals surface area contributed by atoms with Gasteiger partial charge in [0.2, 0.25) is 0 Å². The number of hydrogen-bond acceptors (Lipinski definition) is 1. The number of hydrogen-bond donors (Lipinski definition) is 0. The first kappa shape index (κ1) is 18.2. The minimum atomic E-state index is 0.653. The van der Waals surface area contributed by atoms with E-state index >= 15 is 0 Å². The number of unbranched alkanes of at least 4 members (excludes halogenated alkanes) is 2. The van der Waals surface area contributed by atoms with Gasteiger partial charge >= 0.3 is 0 Å². The van der Waals surface area contributed by atoms with E-state index in [0.29, 0.717) is 5.56 Å². The fourth-order valence-electron chi connectivity index (χ4n) is 3.10. The molecule has 0 atom stereocenters. The van der Waals surface area contributed by atoms with Crippen LogP contribution in [0.1, 0.15) is 37.3 Å². The zero-order valence-electron chi connectivity index (χ0n) is 15.0. The summed E-state index contributed by atoms with van der Waals surface area (Å²) in [5, 5.41) is 9.64. The predicted octanol–water partition coefficient (Wildman–Crippen LogP) is 7.28. The van der Waals surface area contributed by atoms with Crippen LogP contribution in [-0.4, -0.2) is 0 Å². The molecular formula is C24H22ClN. The summed E-state index contributed by atoms with van der Waals surface area (Å²) in [6, 6.07) is 24.6. The van der Waals surface area contributed by atoms with Gasteiger partial charge in [-0.1, -0.05) is 79.9 Å². The van der Waals surface area contributed by atoms with Crippen molar-refractivity contribution in [2.45, 2.75) is 32.6 Å². The van der Waals surface area contributed by atoms with Gasteiger partial charge in [0, 0.05) is 10.6 Å². The molecule has 0 spiro atoms. The Balaban J connectivity index is 1.79. The molecule has 0 aliphatic carbocycles. The molecule has 0 saturated heterocycles. The van der Waals surface area contributed by atoms with Crippen molar-refractivity contribution in [3.05, 3.63) is 82.9 Å². The van der Waals surface area contributed by atoms with Crippen LogP contribution in [0.3, 0.4) is 0 Å². The predicted molar refractivity (Wildman–Crippen MR) is 110 cm³/mol. The molecule has 3 aromatic rings. The molecule has 0 aromatic heterocycles. The summed E-state index contributed by atoms with van der Waals surface area (Å²) in [4.78, 5) is 0. The lowest BCUT2D eigenvalue weighted by Gasteiger charge is -2.09. The zero-order valence-corrected chi connectivity index (χ0v) is 15.8. The van der Waals surface area contributed by atoms with E-state index in [1.807, 2.05) is 36.4 Å². The van der Waals surface area contributed by atoms with E-state index in [1.54, 1.807) is 0 Å². The van der Waals surface area contributed by atoms with Gasteiger partial charge in [0.15, 0.2) is 0 Å². The molecule has 0 unspecified atom stereocenters. The highest BCUT2D eigenvalue weighted by Gasteiger charge is 2.07. The Morgan fingerprint density at radius 3 is 2.08 bits per heavy atom. The van der Waals surface area contributed by atoms with E-state index < -0.39 is 0 Å². The van der Waals surface area contributed by atoms with E-state index in [2.05, 4.69) is 43.3 Å². The van der Waals surface area contributed by atoms with Crippen LogP contribution < -0.4 is 0 Å². The first-order chi connectivity index (χ1) is 12.7. The average Bonchev–Trinajstić information content (AvgIpc) is 2.69. The first-order valence-electron chi connectivity index (χ1n) is 9.10. The Morgan fingerprint density at radius 2 is 1.46 bits per heavy atom. The number of aryl methyl sites for hydroxylation is 1. The Kier molecular flexibility index (Phi) is 6.10. The van der Waals surface area contributed by atoms with Gasteiger partial charge in [0.25, 0.3) is 0 Å². The van der Waals surface area contributed by atoms with Crippen molar-refractivity contribution in [2.24, 2.45) is 0 Å². The van der Waals surface area contributed by atoms with E-state index in [1.165, 1.54) is 30.4 Å². The lowest BCUT2D eigenvalue weighted by molar-refractivity contribution is 0.717. The molecule has 130 valence electrons. The van der Waals surface area contributed by atoms with Crippen molar-refractivity contribution in [3.8, 4) is 28.3 Å². The van der Waals surface area contributed by atoms with Gasteiger partial charge in [0.1, 0.15) is 0 Å². The Bertz CT molecular complexity index is 902. The maximum Gasteiger partial charge on any atom is 0.0991 e. The average molecular weight is 360 g/mol. The van der Waals surface area contributed by atoms with Crippen molar-refractivity contribution in [1.29, 1.82) is 5.26 Å². The van der Waals surface area contributed by atoms with Crippen LogP contribution in [0.2, 0.25) is 5.02 Å². The maximum absolute atomic E-state index is 8.92. The summed E-state index contributed by atoms with van der Waals surface area (Å²) in [5.74, 6) is 0. The van der Waals surface area contributed by atoms with Crippen LogP contribution in [0.15, 0.2) is 66.7 Å². The standard InChI is InChI=1S/C24H22ClN/c1-2-3-4-5-18-6-10-20(11-7-18)22-14-15-23(24(25)16-22)21-12-8-19(17-26)9-13-21/h6-16H,2-5H2,1H3. The van der Waals surface area contributed by atoms with Crippen LogP contribution >= 0.6 is 11.6 Å². The molecule has 0 N–H and O–H groups in total. The number of halogens is 1. The lowest BCUT2D eigenvalue weighted by Crippen LogP contribution is -1.87. The van der Waals surface area contributed by atoms with Crippen LogP contribution in [0, 0.1) is 11.3 Å². The molecule has 0 heterocycles.